The molecule has 1 aliphatic rings. The fraction of sp³-hybridized carbons (Fsp3) is 0.667. The highest BCUT2D eigenvalue weighted by molar-refractivity contribution is 5.20. The molecule has 0 aliphatic carbocycles. The Morgan fingerprint density at radius 3 is 2.67 bits per heavy atom. The lowest BCUT2D eigenvalue weighted by Gasteiger charge is -2.30. The van der Waals surface area contributed by atoms with Crippen LogP contribution in [0.4, 0.5) is 4.39 Å². The summed E-state index contributed by atoms with van der Waals surface area (Å²) < 4.78 is 13.3. The number of benzene rings is 1. The number of nitrogens with zero attached hydrogens (tertiary/aromatic N) is 1. The molecule has 0 spiro atoms. The molecule has 118 valence electrons. The van der Waals surface area contributed by atoms with Crippen LogP contribution < -0.4 is 5.32 Å². The summed E-state index contributed by atoms with van der Waals surface area (Å²) in [6, 6.07) is 7.22. The van der Waals surface area contributed by atoms with Crippen LogP contribution in [0.25, 0.3) is 0 Å². The summed E-state index contributed by atoms with van der Waals surface area (Å²) in [7, 11) is 0. The van der Waals surface area contributed by atoms with Crippen LogP contribution >= 0.6 is 0 Å². The summed E-state index contributed by atoms with van der Waals surface area (Å²) >= 11 is 0. The summed E-state index contributed by atoms with van der Waals surface area (Å²) in [5.74, 6) is 0.486. The number of piperidine rings is 1. The van der Waals surface area contributed by atoms with Crippen molar-refractivity contribution in [3.05, 3.63) is 35.6 Å². The molecule has 0 saturated carbocycles. The Bertz CT molecular complexity index is 415. The largest absolute Gasteiger partial charge is 0.310 e. The van der Waals surface area contributed by atoms with Crippen LogP contribution in [-0.4, -0.2) is 31.1 Å². The van der Waals surface area contributed by atoms with E-state index in [1.807, 2.05) is 6.07 Å². The first-order chi connectivity index (χ1) is 10.2. The highest BCUT2D eigenvalue weighted by atomic mass is 19.1. The van der Waals surface area contributed by atoms with Gasteiger partial charge in [-0.05, 0) is 62.5 Å². The molecule has 0 radical (unpaired) electrons. The predicted octanol–water partition coefficient (Wildman–Crippen LogP) is 3.99. The quantitative estimate of drug-likeness (QED) is 0.817. The third-order valence-corrected chi connectivity index (χ3v) is 4.39. The van der Waals surface area contributed by atoms with E-state index in [1.54, 1.807) is 12.1 Å². The molecule has 2 atom stereocenters. The second kappa shape index (κ2) is 8.50. The van der Waals surface area contributed by atoms with Crippen molar-refractivity contribution in [1.29, 1.82) is 0 Å². The van der Waals surface area contributed by atoms with E-state index >= 15 is 0 Å². The summed E-state index contributed by atoms with van der Waals surface area (Å²) in [6.45, 7) is 9.13. The minimum absolute atomic E-state index is 0.144. The van der Waals surface area contributed by atoms with Crippen molar-refractivity contribution in [3.63, 3.8) is 0 Å². The fourth-order valence-electron chi connectivity index (χ4n) is 3.21. The van der Waals surface area contributed by atoms with Crippen molar-refractivity contribution in [2.45, 2.75) is 45.6 Å². The topological polar surface area (TPSA) is 15.3 Å². The molecule has 1 N–H and O–H groups in total. The lowest BCUT2D eigenvalue weighted by atomic mass is 10.0. The van der Waals surface area contributed by atoms with E-state index in [-0.39, 0.29) is 11.9 Å². The third-order valence-electron chi connectivity index (χ3n) is 4.39. The molecule has 2 nitrogen and oxygen atoms in total. The van der Waals surface area contributed by atoms with E-state index < -0.39 is 0 Å². The van der Waals surface area contributed by atoms with Gasteiger partial charge in [-0.25, -0.2) is 4.39 Å². The fourth-order valence-corrected chi connectivity index (χ4v) is 3.21. The molecule has 0 aromatic heterocycles. The molecule has 1 aromatic rings. The predicted molar refractivity (Wildman–Crippen MR) is 86.9 cm³/mol. The maximum atomic E-state index is 13.3. The first-order valence-corrected chi connectivity index (χ1v) is 8.40. The van der Waals surface area contributed by atoms with Crippen molar-refractivity contribution in [2.75, 3.05) is 26.2 Å². The minimum atomic E-state index is -0.144. The van der Waals surface area contributed by atoms with Gasteiger partial charge in [0.25, 0.3) is 0 Å². The second-order valence-corrected chi connectivity index (χ2v) is 6.39. The van der Waals surface area contributed by atoms with Crippen LogP contribution in [0, 0.1) is 11.7 Å². The molecule has 3 heteroatoms. The summed E-state index contributed by atoms with van der Waals surface area (Å²) in [6.07, 6.45) is 5.07. The van der Waals surface area contributed by atoms with Crippen LogP contribution in [0.3, 0.4) is 0 Å². The molecule has 2 rings (SSSR count). The van der Waals surface area contributed by atoms with Gasteiger partial charge < -0.3 is 10.2 Å². The van der Waals surface area contributed by atoms with Gasteiger partial charge in [0.2, 0.25) is 0 Å². The van der Waals surface area contributed by atoms with Crippen molar-refractivity contribution in [3.8, 4) is 0 Å². The Kier molecular flexibility index (Phi) is 6.65. The number of halogens is 1. The molecular formula is C18H29FN2. The smallest absolute Gasteiger partial charge is 0.123 e. The summed E-state index contributed by atoms with van der Waals surface area (Å²) in [5.41, 5.74) is 1.06. The molecular weight excluding hydrogens is 263 g/mol. The molecule has 21 heavy (non-hydrogen) atoms. The van der Waals surface area contributed by atoms with Gasteiger partial charge in [0.1, 0.15) is 5.82 Å². The van der Waals surface area contributed by atoms with Crippen LogP contribution in [-0.2, 0) is 0 Å². The van der Waals surface area contributed by atoms with E-state index in [9.17, 15) is 4.39 Å². The van der Waals surface area contributed by atoms with Gasteiger partial charge in [-0.15, -0.1) is 0 Å². The number of rotatable bonds is 7. The average Bonchev–Trinajstić information content (AvgIpc) is 2.49. The van der Waals surface area contributed by atoms with Gasteiger partial charge >= 0.3 is 0 Å². The van der Waals surface area contributed by atoms with E-state index in [1.165, 1.54) is 45.0 Å². The molecule has 2 unspecified atom stereocenters. The Labute approximate surface area is 128 Å². The van der Waals surface area contributed by atoms with Gasteiger partial charge in [0.05, 0.1) is 0 Å². The van der Waals surface area contributed by atoms with E-state index in [0.29, 0.717) is 5.92 Å². The highest BCUT2D eigenvalue weighted by Gasteiger charge is 2.15. The molecule has 1 aromatic carbocycles. The van der Waals surface area contributed by atoms with Crippen LogP contribution in [0.5, 0.6) is 0 Å². The van der Waals surface area contributed by atoms with Crippen molar-refractivity contribution < 1.29 is 4.39 Å². The molecule has 1 heterocycles. The SMILES string of the molecule is CCC(NCC(C)CN1CCCCC1)c1cccc(F)c1. The van der Waals surface area contributed by atoms with Crippen LogP contribution in [0.15, 0.2) is 24.3 Å². The van der Waals surface area contributed by atoms with E-state index in [2.05, 4.69) is 24.1 Å². The van der Waals surface area contributed by atoms with Crippen molar-refractivity contribution in [1.82, 2.24) is 10.2 Å². The second-order valence-electron chi connectivity index (χ2n) is 6.39. The summed E-state index contributed by atoms with van der Waals surface area (Å²) in [4.78, 5) is 2.58. The van der Waals surface area contributed by atoms with Crippen LogP contribution in [0.2, 0.25) is 0 Å². The van der Waals surface area contributed by atoms with Gasteiger partial charge in [-0.1, -0.05) is 32.4 Å². The first-order valence-electron chi connectivity index (χ1n) is 8.40. The Hall–Kier alpha value is -0.930. The molecule has 0 bridgehead atoms. The zero-order chi connectivity index (χ0) is 15.1. The molecule has 1 aliphatic heterocycles. The third kappa shape index (κ3) is 5.40. The highest BCUT2D eigenvalue weighted by Crippen LogP contribution is 2.18. The number of hydrogen-bond donors (Lipinski definition) is 1. The summed E-state index contributed by atoms with van der Waals surface area (Å²) in [5, 5.41) is 3.61. The lowest BCUT2D eigenvalue weighted by molar-refractivity contribution is 0.197. The van der Waals surface area contributed by atoms with Crippen molar-refractivity contribution in [2.24, 2.45) is 5.92 Å². The van der Waals surface area contributed by atoms with E-state index in [4.69, 9.17) is 0 Å². The maximum Gasteiger partial charge on any atom is 0.123 e. The zero-order valence-electron chi connectivity index (χ0n) is 13.4. The van der Waals surface area contributed by atoms with Gasteiger partial charge in [0.15, 0.2) is 0 Å². The monoisotopic (exact) mass is 292 g/mol. The maximum absolute atomic E-state index is 13.3. The minimum Gasteiger partial charge on any atom is -0.310 e. The Morgan fingerprint density at radius 2 is 2.00 bits per heavy atom. The number of hydrogen-bond acceptors (Lipinski definition) is 2. The van der Waals surface area contributed by atoms with Gasteiger partial charge in [-0.2, -0.15) is 0 Å². The van der Waals surface area contributed by atoms with E-state index in [0.717, 1.165) is 18.5 Å². The Balaban J connectivity index is 1.79. The zero-order valence-corrected chi connectivity index (χ0v) is 13.4. The number of nitrogens with one attached hydrogen (secondary N) is 1. The lowest BCUT2D eigenvalue weighted by Crippen LogP contribution is -2.37. The van der Waals surface area contributed by atoms with Crippen LogP contribution in [0.1, 0.15) is 51.1 Å². The Morgan fingerprint density at radius 1 is 1.24 bits per heavy atom. The average molecular weight is 292 g/mol. The standard InChI is InChI=1S/C18H29FN2/c1-3-18(16-8-7-9-17(19)12-16)20-13-15(2)14-21-10-5-4-6-11-21/h7-9,12,15,18,20H,3-6,10-11,13-14H2,1-2H3. The molecule has 1 fully saturated rings. The number of likely N-dealkylation sites (tertiary alicyclic amines) is 1. The molecule has 0 amide bonds. The normalized spacial score (nSPS) is 19.4. The molecule has 1 saturated heterocycles. The first kappa shape index (κ1) is 16.4. The van der Waals surface area contributed by atoms with Gasteiger partial charge in [0, 0.05) is 12.6 Å². The van der Waals surface area contributed by atoms with Gasteiger partial charge in [-0.3, -0.25) is 0 Å². The van der Waals surface area contributed by atoms with Crippen molar-refractivity contribution >= 4 is 0 Å².